The average molecular weight is 296 g/mol. The van der Waals surface area contributed by atoms with Crippen molar-refractivity contribution >= 4 is 21.6 Å². The van der Waals surface area contributed by atoms with E-state index in [4.69, 9.17) is 11.0 Å². The van der Waals surface area contributed by atoms with E-state index in [1.54, 1.807) is 0 Å². The molecule has 0 spiro atoms. The lowest BCUT2D eigenvalue weighted by atomic mass is 10.2. The van der Waals surface area contributed by atoms with Gasteiger partial charge in [-0.3, -0.25) is 4.79 Å². The third-order valence-electron chi connectivity index (χ3n) is 2.57. The van der Waals surface area contributed by atoms with Gasteiger partial charge < -0.3 is 10.6 Å². The van der Waals surface area contributed by atoms with Crippen molar-refractivity contribution in [3.8, 4) is 6.07 Å². The highest BCUT2D eigenvalue weighted by molar-refractivity contribution is 7.89. The Bertz CT molecular complexity index is 662. The molecule has 1 amide bonds. The lowest BCUT2D eigenvalue weighted by molar-refractivity contribution is -0.130. The Morgan fingerprint density at radius 2 is 2.05 bits per heavy atom. The van der Waals surface area contributed by atoms with Crippen LogP contribution in [0.15, 0.2) is 23.1 Å². The summed E-state index contributed by atoms with van der Waals surface area (Å²) in [5.41, 5.74) is 5.85. The highest BCUT2D eigenvalue weighted by Gasteiger charge is 2.24. The van der Waals surface area contributed by atoms with Gasteiger partial charge in [0.05, 0.1) is 23.4 Å². The Labute approximate surface area is 118 Å². The minimum atomic E-state index is -3.93. The molecule has 1 rings (SSSR count). The molecule has 0 heterocycles. The molecule has 108 valence electrons. The van der Waals surface area contributed by atoms with Gasteiger partial charge in [0.2, 0.25) is 15.9 Å². The van der Waals surface area contributed by atoms with Crippen LogP contribution in [0, 0.1) is 11.3 Å². The van der Waals surface area contributed by atoms with Crippen LogP contribution >= 0.6 is 0 Å². The van der Waals surface area contributed by atoms with Gasteiger partial charge in [-0.25, -0.2) is 8.42 Å². The Morgan fingerprint density at radius 1 is 1.45 bits per heavy atom. The zero-order chi connectivity index (χ0) is 15.5. The zero-order valence-electron chi connectivity index (χ0n) is 11.4. The highest BCUT2D eigenvalue weighted by atomic mass is 32.2. The highest BCUT2D eigenvalue weighted by Crippen LogP contribution is 2.19. The first kappa shape index (κ1) is 15.9. The molecule has 0 bridgehead atoms. The smallest absolute Gasteiger partial charge is 0.243 e. The molecule has 0 aliphatic heterocycles. The second-order valence-corrected chi connectivity index (χ2v) is 6.12. The average Bonchev–Trinajstić information content (AvgIpc) is 2.36. The molecule has 1 atom stereocenters. The number of nitrogens with zero attached hydrogens (tertiary/aromatic N) is 2. The molecule has 8 heteroatoms. The standard InChI is InChI=1S/C12H16N4O3S/c1-8(12(17)16(2)3)15-20(18,19)11-5-4-9(7-13)6-10(11)14/h4-6,8,15H,14H2,1-3H3. The summed E-state index contributed by atoms with van der Waals surface area (Å²) >= 11 is 0. The monoisotopic (exact) mass is 296 g/mol. The van der Waals surface area contributed by atoms with Gasteiger partial charge in [0, 0.05) is 14.1 Å². The number of carbonyl (C=O) groups excluding carboxylic acids is 1. The van der Waals surface area contributed by atoms with Crippen molar-refractivity contribution in [2.75, 3.05) is 19.8 Å². The number of hydrogen-bond acceptors (Lipinski definition) is 5. The van der Waals surface area contributed by atoms with E-state index in [0.29, 0.717) is 0 Å². The Hall–Kier alpha value is -2.11. The number of anilines is 1. The normalized spacial score (nSPS) is 12.5. The number of nitrogens with one attached hydrogen (secondary N) is 1. The summed E-state index contributed by atoms with van der Waals surface area (Å²) in [5, 5.41) is 8.71. The molecule has 0 fully saturated rings. The molecule has 1 unspecified atom stereocenters. The van der Waals surface area contributed by atoms with E-state index in [1.165, 1.54) is 44.1 Å². The predicted octanol–water partition coefficient (Wildman–Crippen LogP) is -0.105. The molecule has 0 aliphatic carbocycles. The van der Waals surface area contributed by atoms with Gasteiger partial charge in [0.25, 0.3) is 0 Å². The maximum Gasteiger partial charge on any atom is 0.243 e. The van der Waals surface area contributed by atoms with Crippen molar-refractivity contribution in [3.63, 3.8) is 0 Å². The van der Waals surface area contributed by atoms with Crippen LogP contribution in [0.25, 0.3) is 0 Å². The number of amides is 1. The van der Waals surface area contributed by atoms with E-state index in [9.17, 15) is 13.2 Å². The Balaban J connectivity index is 3.07. The Kier molecular flexibility index (Phi) is 4.70. The second-order valence-electron chi connectivity index (χ2n) is 4.44. The minimum absolute atomic E-state index is 0.0407. The van der Waals surface area contributed by atoms with E-state index in [0.717, 1.165) is 0 Å². The number of hydrogen-bond donors (Lipinski definition) is 2. The molecule has 0 saturated carbocycles. The summed E-state index contributed by atoms with van der Waals surface area (Å²) in [6, 6.07) is 4.81. The van der Waals surface area contributed by atoms with Gasteiger partial charge in [-0.15, -0.1) is 0 Å². The lowest BCUT2D eigenvalue weighted by Crippen LogP contribution is -2.44. The minimum Gasteiger partial charge on any atom is -0.398 e. The summed E-state index contributed by atoms with van der Waals surface area (Å²) in [6.45, 7) is 1.44. The van der Waals surface area contributed by atoms with Crippen LogP contribution in [0.5, 0.6) is 0 Å². The molecule has 1 aromatic carbocycles. The van der Waals surface area contributed by atoms with Crippen molar-refractivity contribution in [3.05, 3.63) is 23.8 Å². The van der Waals surface area contributed by atoms with Gasteiger partial charge >= 0.3 is 0 Å². The fourth-order valence-corrected chi connectivity index (χ4v) is 2.91. The van der Waals surface area contributed by atoms with Crippen LogP contribution in [0.2, 0.25) is 0 Å². The van der Waals surface area contributed by atoms with Gasteiger partial charge in [-0.1, -0.05) is 0 Å². The first-order valence-corrected chi connectivity index (χ1v) is 7.20. The number of likely N-dealkylation sites (N-methyl/N-ethyl adjacent to an activating group) is 1. The SMILES string of the molecule is CC(NS(=O)(=O)c1ccc(C#N)cc1N)C(=O)N(C)C. The van der Waals surface area contributed by atoms with Gasteiger partial charge in [-0.2, -0.15) is 9.98 Å². The number of rotatable bonds is 4. The van der Waals surface area contributed by atoms with Crippen molar-refractivity contribution in [2.45, 2.75) is 17.9 Å². The zero-order valence-corrected chi connectivity index (χ0v) is 12.2. The van der Waals surface area contributed by atoms with Crippen LogP contribution in [0.1, 0.15) is 12.5 Å². The number of carbonyl (C=O) groups is 1. The van der Waals surface area contributed by atoms with E-state index >= 15 is 0 Å². The van der Waals surface area contributed by atoms with Crippen LogP contribution in [-0.2, 0) is 14.8 Å². The van der Waals surface area contributed by atoms with Crippen molar-refractivity contribution in [1.82, 2.24) is 9.62 Å². The largest absolute Gasteiger partial charge is 0.398 e. The number of nitrogens with two attached hydrogens (primary N) is 1. The topological polar surface area (TPSA) is 116 Å². The van der Waals surface area contributed by atoms with E-state index in [1.807, 2.05) is 6.07 Å². The van der Waals surface area contributed by atoms with Crippen molar-refractivity contribution in [2.24, 2.45) is 0 Å². The third kappa shape index (κ3) is 3.46. The first-order valence-electron chi connectivity index (χ1n) is 5.72. The molecule has 0 radical (unpaired) electrons. The quantitative estimate of drug-likeness (QED) is 0.752. The molecule has 20 heavy (non-hydrogen) atoms. The van der Waals surface area contributed by atoms with E-state index in [-0.39, 0.29) is 22.1 Å². The summed E-state index contributed by atoms with van der Waals surface area (Å²) in [6.07, 6.45) is 0. The summed E-state index contributed by atoms with van der Waals surface area (Å²) in [7, 11) is -0.864. The third-order valence-corrected chi connectivity index (χ3v) is 4.19. The first-order chi connectivity index (χ1) is 9.19. The van der Waals surface area contributed by atoms with Crippen LogP contribution in [0.3, 0.4) is 0 Å². The molecular weight excluding hydrogens is 280 g/mol. The number of sulfonamides is 1. The Morgan fingerprint density at radius 3 is 2.50 bits per heavy atom. The molecule has 7 nitrogen and oxygen atoms in total. The fourth-order valence-electron chi connectivity index (χ4n) is 1.60. The number of nitrogen functional groups attached to an aromatic ring is 1. The van der Waals surface area contributed by atoms with Crippen LogP contribution < -0.4 is 10.5 Å². The predicted molar refractivity (Wildman–Crippen MR) is 74.0 cm³/mol. The van der Waals surface area contributed by atoms with Crippen LogP contribution in [0.4, 0.5) is 5.69 Å². The molecule has 1 aromatic rings. The van der Waals surface area contributed by atoms with E-state index < -0.39 is 16.1 Å². The van der Waals surface area contributed by atoms with Gasteiger partial charge in [-0.05, 0) is 25.1 Å². The fraction of sp³-hybridized carbons (Fsp3) is 0.333. The molecule has 3 N–H and O–H groups in total. The summed E-state index contributed by atoms with van der Waals surface area (Å²) in [5.74, 6) is -0.374. The van der Waals surface area contributed by atoms with Gasteiger partial charge in [0.1, 0.15) is 4.90 Å². The lowest BCUT2D eigenvalue weighted by Gasteiger charge is -2.18. The number of benzene rings is 1. The number of nitriles is 1. The van der Waals surface area contributed by atoms with Crippen molar-refractivity contribution in [1.29, 1.82) is 5.26 Å². The molecule has 0 aromatic heterocycles. The maximum atomic E-state index is 12.1. The summed E-state index contributed by atoms with van der Waals surface area (Å²) in [4.78, 5) is 12.8. The molecule has 0 aliphatic rings. The summed E-state index contributed by atoms with van der Waals surface area (Å²) < 4.78 is 26.5. The maximum absolute atomic E-state index is 12.1. The second kappa shape index (κ2) is 5.90. The van der Waals surface area contributed by atoms with Crippen molar-refractivity contribution < 1.29 is 13.2 Å². The molecule has 0 saturated heterocycles. The molecular formula is C12H16N4O3S. The van der Waals surface area contributed by atoms with Crippen LogP contribution in [-0.4, -0.2) is 39.4 Å². The van der Waals surface area contributed by atoms with Gasteiger partial charge in [0.15, 0.2) is 0 Å². The van der Waals surface area contributed by atoms with E-state index in [2.05, 4.69) is 4.72 Å².